The van der Waals surface area contributed by atoms with Crippen LogP contribution in [0.15, 0.2) is 23.1 Å². The third kappa shape index (κ3) is 6.91. The molecule has 2 rings (SSSR count). The van der Waals surface area contributed by atoms with E-state index in [1.165, 1.54) is 22.4 Å². The minimum atomic E-state index is -3.92. The van der Waals surface area contributed by atoms with Crippen molar-refractivity contribution in [3.63, 3.8) is 0 Å². The summed E-state index contributed by atoms with van der Waals surface area (Å²) in [5.74, 6) is 5.79. The molecule has 0 saturated carbocycles. The van der Waals surface area contributed by atoms with E-state index in [0.717, 1.165) is 0 Å². The molecule has 1 heterocycles. The molecule has 0 aliphatic carbocycles. The van der Waals surface area contributed by atoms with Gasteiger partial charge in [-0.05, 0) is 39.2 Å². The lowest BCUT2D eigenvalue weighted by Crippen LogP contribution is -2.50. The fourth-order valence-corrected chi connectivity index (χ4v) is 5.25. The van der Waals surface area contributed by atoms with Crippen molar-refractivity contribution in [1.29, 1.82) is 0 Å². The Bertz CT molecular complexity index is 986. The Balaban J connectivity index is 2.52. The van der Waals surface area contributed by atoms with Gasteiger partial charge < -0.3 is 19.5 Å². The molecule has 0 unspecified atom stereocenters. The van der Waals surface area contributed by atoms with Gasteiger partial charge in [0.2, 0.25) is 15.9 Å². The number of amides is 1. The second kappa shape index (κ2) is 11.8. The van der Waals surface area contributed by atoms with Gasteiger partial charge in [-0.2, -0.15) is 4.31 Å². The quantitative estimate of drug-likeness (QED) is 0.565. The topological polar surface area (TPSA) is 99.6 Å². The van der Waals surface area contributed by atoms with E-state index < -0.39 is 22.2 Å². The fraction of sp³-hybridized carbons (Fsp3) is 0.609. The van der Waals surface area contributed by atoms with E-state index in [4.69, 9.17) is 9.47 Å². The van der Waals surface area contributed by atoms with Gasteiger partial charge in [-0.25, -0.2) is 8.42 Å². The molecule has 0 fully saturated rings. The maximum Gasteiger partial charge on any atom is 0.248 e. The zero-order valence-electron chi connectivity index (χ0n) is 20.2. The van der Waals surface area contributed by atoms with Gasteiger partial charge in [-0.1, -0.05) is 18.8 Å². The zero-order chi connectivity index (χ0) is 24.8. The number of ether oxygens (including phenoxy) is 2. The Kier molecular flexibility index (Phi) is 9.70. The first-order valence-corrected chi connectivity index (χ1v) is 12.2. The first kappa shape index (κ1) is 27.1. The lowest BCUT2D eigenvalue weighted by molar-refractivity contribution is -0.135. The highest BCUT2D eigenvalue weighted by Crippen LogP contribution is 2.34. The summed E-state index contributed by atoms with van der Waals surface area (Å²) < 4.78 is 39.4. The predicted octanol–water partition coefficient (Wildman–Crippen LogP) is 0.473. The van der Waals surface area contributed by atoms with Crippen LogP contribution in [0, 0.1) is 17.8 Å². The number of fused-ring (bicyclic) bond motifs is 1. The number of hydrogen-bond acceptors (Lipinski definition) is 7. The molecule has 0 radical (unpaired) electrons. The first-order valence-electron chi connectivity index (χ1n) is 10.8. The summed E-state index contributed by atoms with van der Waals surface area (Å²) in [5.41, 5.74) is 0.628. The molecular weight excluding hydrogens is 446 g/mol. The van der Waals surface area contributed by atoms with Crippen LogP contribution in [-0.4, -0.2) is 107 Å². The van der Waals surface area contributed by atoms with Gasteiger partial charge in [0, 0.05) is 38.2 Å². The number of aliphatic hydroxyl groups is 1. The number of aliphatic hydroxyl groups excluding tert-OH is 1. The van der Waals surface area contributed by atoms with Crippen molar-refractivity contribution in [2.45, 2.75) is 30.9 Å². The molecule has 1 aromatic rings. The van der Waals surface area contributed by atoms with E-state index in [9.17, 15) is 18.3 Å². The van der Waals surface area contributed by atoms with Gasteiger partial charge in [0.15, 0.2) is 0 Å². The van der Waals surface area contributed by atoms with Gasteiger partial charge in [-0.3, -0.25) is 9.69 Å². The molecule has 33 heavy (non-hydrogen) atoms. The van der Waals surface area contributed by atoms with E-state index >= 15 is 0 Å². The fourth-order valence-electron chi connectivity index (χ4n) is 3.43. The summed E-state index contributed by atoms with van der Waals surface area (Å²) in [4.78, 5) is 15.7. The molecule has 10 heteroatoms. The van der Waals surface area contributed by atoms with Crippen molar-refractivity contribution in [1.82, 2.24) is 14.1 Å². The average molecular weight is 482 g/mol. The van der Waals surface area contributed by atoms with Crippen LogP contribution in [0.3, 0.4) is 0 Å². The van der Waals surface area contributed by atoms with E-state index in [2.05, 4.69) is 11.8 Å². The SMILES string of the molecule is COCC(=O)N(C)C[C@@H]1Oc2cc(C#CCN(C)C)ccc2S(=O)(=O)N([C@@H](C)CO)C[C@@H]1C. The number of carbonyl (C=O) groups is 1. The maximum absolute atomic E-state index is 13.5. The summed E-state index contributed by atoms with van der Waals surface area (Å²) in [6, 6.07) is 4.16. The summed E-state index contributed by atoms with van der Waals surface area (Å²) in [6.07, 6.45) is -0.483. The number of rotatable bonds is 7. The molecular formula is C23H35N3O6S. The Morgan fingerprint density at radius 3 is 2.67 bits per heavy atom. The second-order valence-electron chi connectivity index (χ2n) is 8.65. The van der Waals surface area contributed by atoms with Crippen molar-refractivity contribution in [3.8, 4) is 17.6 Å². The van der Waals surface area contributed by atoms with Gasteiger partial charge in [0.25, 0.3) is 0 Å². The minimum Gasteiger partial charge on any atom is -0.487 e. The minimum absolute atomic E-state index is 0.0173. The number of nitrogens with zero attached hydrogens (tertiary/aromatic N) is 3. The zero-order valence-corrected chi connectivity index (χ0v) is 21.1. The van der Waals surface area contributed by atoms with Crippen molar-refractivity contribution in [2.24, 2.45) is 5.92 Å². The van der Waals surface area contributed by atoms with Crippen LogP contribution in [0.25, 0.3) is 0 Å². The number of benzene rings is 1. The van der Waals surface area contributed by atoms with Gasteiger partial charge >= 0.3 is 0 Å². The van der Waals surface area contributed by atoms with Crippen LogP contribution >= 0.6 is 0 Å². The molecule has 1 N–H and O–H groups in total. The molecule has 9 nitrogen and oxygen atoms in total. The Hall–Kier alpha value is -2.16. The summed E-state index contributed by atoms with van der Waals surface area (Å²) in [7, 11) is 3.01. The molecule has 1 aromatic carbocycles. The molecule has 184 valence electrons. The Morgan fingerprint density at radius 2 is 2.06 bits per heavy atom. The van der Waals surface area contributed by atoms with Crippen LogP contribution in [0.2, 0.25) is 0 Å². The van der Waals surface area contributed by atoms with Gasteiger partial charge in [-0.15, -0.1) is 0 Å². The molecule has 1 aliphatic rings. The first-order chi connectivity index (χ1) is 15.5. The standard InChI is InChI=1S/C23H35N3O6S/c1-17-13-26(18(2)15-27)33(29,30)22-10-9-19(8-7-11-24(3)4)12-20(22)32-21(17)14-25(5)23(28)16-31-6/h9-10,12,17-18,21,27H,11,13-16H2,1-6H3/t17-,18-,21-/m0/s1. The third-order valence-corrected chi connectivity index (χ3v) is 7.46. The number of likely N-dealkylation sites (N-methyl/N-ethyl adjacent to an activating group) is 1. The Morgan fingerprint density at radius 1 is 1.36 bits per heavy atom. The molecule has 0 saturated heterocycles. The number of carbonyl (C=O) groups excluding carboxylic acids is 1. The lowest BCUT2D eigenvalue weighted by atomic mass is 10.0. The van der Waals surface area contributed by atoms with Gasteiger partial charge in [0.05, 0.1) is 19.7 Å². The molecule has 0 spiro atoms. The molecule has 1 aliphatic heterocycles. The van der Waals surface area contributed by atoms with E-state index in [0.29, 0.717) is 12.1 Å². The summed E-state index contributed by atoms with van der Waals surface area (Å²) in [6.45, 7) is 4.12. The highest BCUT2D eigenvalue weighted by molar-refractivity contribution is 7.89. The molecule has 0 aromatic heterocycles. The molecule has 1 amide bonds. The Labute approximate surface area is 197 Å². The molecule has 3 atom stereocenters. The highest BCUT2D eigenvalue weighted by atomic mass is 32.2. The predicted molar refractivity (Wildman–Crippen MR) is 125 cm³/mol. The largest absolute Gasteiger partial charge is 0.487 e. The van der Waals surface area contributed by atoms with Crippen molar-refractivity contribution in [3.05, 3.63) is 23.8 Å². The monoisotopic (exact) mass is 481 g/mol. The third-order valence-electron chi connectivity index (χ3n) is 5.44. The van der Waals surface area contributed by atoms with E-state index in [1.807, 2.05) is 25.9 Å². The molecule has 0 bridgehead atoms. The summed E-state index contributed by atoms with van der Waals surface area (Å²) in [5, 5.41) is 9.72. The average Bonchev–Trinajstić information content (AvgIpc) is 2.75. The van der Waals surface area contributed by atoms with E-state index in [-0.39, 0.29) is 48.8 Å². The summed E-state index contributed by atoms with van der Waals surface area (Å²) >= 11 is 0. The normalized spacial score (nSPS) is 21.1. The van der Waals surface area contributed by atoms with Crippen LogP contribution in [0.1, 0.15) is 19.4 Å². The number of hydrogen-bond donors (Lipinski definition) is 1. The number of sulfonamides is 1. The van der Waals surface area contributed by atoms with Crippen molar-refractivity contribution in [2.75, 3.05) is 61.1 Å². The van der Waals surface area contributed by atoms with Crippen LogP contribution in [-0.2, 0) is 19.6 Å². The highest BCUT2D eigenvalue weighted by Gasteiger charge is 2.38. The maximum atomic E-state index is 13.5. The van der Waals surface area contributed by atoms with Gasteiger partial charge in [0.1, 0.15) is 23.4 Å². The number of methoxy groups -OCH3 is 1. The van der Waals surface area contributed by atoms with E-state index in [1.54, 1.807) is 26.1 Å². The van der Waals surface area contributed by atoms with Crippen LogP contribution in [0.4, 0.5) is 0 Å². The van der Waals surface area contributed by atoms with Crippen molar-refractivity contribution < 1.29 is 27.8 Å². The smallest absolute Gasteiger partial charge is 0.248 e. The van der Waals surface area contributed by atoms with Crippen molar-refractivity contribution >= 4 is 15.9 Å². The lowest BCUT2D eigenvalue weighted by Gasteiger charge is -2.37. The van der Waals surface area contributed by atoms with Crippen LogP contribution in [0.5, 0.6) is 5.75 Å². The second-order valence-corrected chi connectivity index (χ2v) is 10.5. The van der Waals surface area contributed by atoms with Crippen LogP contribution < -0.4 is 4.74 Å².